The van der Waals surface area contributed by atoms with Gasteiger partial charge in [0.25, 0.3) is 0 Å². The van der Waals surface area contributed by atoms with Crippen molar-refractivity contribution in [2.24, 2.45) is 11.8 Å². The molecule has 10 heavy (non-hydrogen) atoms. The average molecular weight is 140 g/mol. The van der Waals surface area contributed by atoms with Crippen LogP contribution in [0.25, 0.3) is 0 Å². The summed E-state index contributed by atoms with van der Waals surface area (Å²) in [5.74, 6) is 1.96. The molecular formula is C9H16O. The third kappa shape index (κ3) is 1.20. The molecule has 0 spiro atoms. The maximum absolute atomic E-state index is 5.44. The van der Waals surface area contributed by atoms with Crippen molar-refractivity contribution in [2.75, 3.05) is 13.2 Å². The molecule has 1 aliphatic heterocycles. The van der Waals surface area contributed by atoms with Crippen molar-refractivity contribution < 1.29 is 4.74 Å². The van der Waals surface area contributed by atoms with Crippen LogP contribution in [0, 0.1) is 11.8 Å². The van der Waals surface area contributed by atoms with Gasteiger partial charge in [-0.2, -0.15) is 0 Å². The molecule has 1 aliphatic carbocycles. The Hall–Kier alpha value is -0.0400. The molecule has 2 atom stereocenters. The molecule has 1 saturated heterocycles. The van der Waals surface area contributed by atoms with Gasteiger partial charge in [-0.3, -0.25) is 0 Å². The first-order valence-corrected chi connectivity index (χ1v) is 4.54. The van der Waals surface area contributed by atoms with E-state index in [1.807, 2.05) is 0 Å². The summed E-state index contributed by atoms with van der Waals surface area (Å²) in [7, 11) is 0. The van der Waals surface area contributed by atoms with Crippen molar-refractivity contribution in [1.82, 2.24) is 0 Å². The van der Waals surface area contributed by atoms with E-state index in [1.54, 1.807) is 0 Å². The minimum Gasteiger partial charge on any atom is -0.381 e. The summed E-state index contributed by atoms with van der Waals surface area (Å²) in [5, 5.41) is 0. The molecule has 58 valence electrons. The van der Waals surface area contributed by atoms with Gasteiger partial charge in [0.1, 0.15) is 0 Å². The molecule has 1 nitrogen and oxygen atoms in total. The maximum atomic E-state index is 5.44. The Morgan fingerprint density at radius 3 is 2.50 bits per heavy atom. The Balaban J connectivity index is 1.93. The van der Waals surface area contributed by atoms with Crippen LogP contribution in [0.5, 0.6) is 0 Å². The minimum atomic E-state index is 0.933. The highest BCUT2D eigenvalue weighted by atomic mass is 16.5. The first-order valence-electron chi connectivity index (χ1n) is 4.54. The van der Waals surface area contributed by atoms with Crippen LogP contribution in [0.1, 0.15) is 32.1 Å². The third-order valence-electron chi connectivity index (χ3n) is 3.03. The van der Waals surface area contributed by atoms with Gasteiger partial charge >= 0.3 is 0 Å². The number of fused-ring (bicyclic) bond motifs is 1. The molecule has 2 rings (SSSR count). The topological polar surface area (TPSA) is 9.23 Å². The molecule has 2 fully saturated rings. The zero-order valence-corrected chi connectivity index (χ0v) is 6.51. The molecule has 0 aromatic heterocycles. The third-order valence-corrected chi connectivity index (χ3v) is 3.03. The highest BCUT2D eigenvalue weighted by Gasteiger charge is 2.27. The Morgan fingerprint density at radius 1 is 0.900 bits per heavy atom. The maximum Gasteiger partial charge on any atom is 0.0496 e. The fourth-order valence-corrected chi connectivity index (χ4v) is 2.35. The van der Waals surface area contributed by atoms with E-state index in [0.29, 0.717) is 0 Å². The van der Waals surface area contributed by atoms with Crippen molar-refractivity contribution in [3.05, 3.63) is 0 Å². The predicted octanol–water partition coefficient (Wildman–Crippen LogP) is 2.21. The monoisotopic (exact) mass is 140 g/mol. The van der Waals surface area contributed by atoms with E-state index in [4.69, 9.17) is 4.74 Å². The van der Waals surface area contributed by atoms with Crippen LogP contribution in [-0.4, -0.2) is 13.2 Å². The SMILES string of the molecule is C1CC[C@@H]2COCC[C@H]2C1. The molecule has 1 heterocycles. The number of hydrogen-bond acceptors (Lipinski definition) is 1. The zero-order chi connectivity index (χ0) is 6.81. The van der Waals surface area contributed by atoms with Crippen LogP contribution >= 0.6 is 0 Å². The summed E-state index contributed by atoms with van der Waals surface area (Å²) in [6.45, 7) is 2.09. The number of ether oxygens (including phenoxy) is 1. The normalized spacial score (nSPS) is 40.8. The van der Waals surface area contributed by atoms with E-state index >= 15 is 0 Å². The van der Waals surface area contributed by atoms with Crippen molar-refractivity contribution >= 4 is 0 Å². The second-order valence-corrected chi connectivity index (χ2v) is 3.67. The Bertz CT molecular complexity index is 85.3. The second-order valence-electron chi connectivity index (χ2n) is 3.67. The van der Waals surface area contributed by atoms with Gasteiger partial charge in [-0.25, -0.2) is 0 Å². The molecule has 0 radical (unpaired) electrons. The van der Waals surface area contributed by atoms with Gasteiger partial charge in [0, 0.05) is 13.2 Å². The van der Waals surface area contributed by atoms with Gasteiger partial charge in [-0.1, -0.05) is 19.3 Å². The standard InChI is InChI=1S/C9H16O/c1-2-4-9-7-10-6-5-8(9)3-1/h8-9H,1-7H2/t8-,9-/m1/s1. The van der Waals surface area contributed by atoms with Gasteiger partial charge in [0.05, 0.1) is 0 Å². The Labute approximate surface area is 62.8 Å². The number of rotatable bonds is 0. The predicted molar refractivity (Wildman–Crippen MR) is 40.9 cm³/mol. The van der Waals surface area contributed by atoms with Gasteiger partial charge in [-0.05, 0) is 24.7 Å². The molecule has 2 aliphatic rings. The van der Waals surface area contributed by atoms with Crippen LogP contribution in [0.4, 0.5) is 0 Å². The van der Waals surface area contributed by atoms with Gasteiger partial charge in [0.2, 0.25) is 0 Å². The van der Waals surface area contributed by atoms with E-state index in [2.05, 4.69) is 0 Å². The van der Waals surface area contributed by atoms with E-state index in [1.165, 1.54) is 32.1 Å². The molecule has 0 aromatic rings. The van der Waals surface area contributed by atoms with E-state index < -0.39 is 0 Å². The molecule has 1 saturated carbocycles. The first-order chi connectivity index (χ1) is 4.97. The Morgan fingerprint density at radius 2 is 1.70 bits per heavy atom. The minimum absolute atomic E-state index is 0.933. The summed E-state index contributed by atoms with van der Waals surface area (Å²) in [4.78, 5) is 0. The van der Waals surface area contributed by atoms with Crippen LogP contribution in [-0.2, 0) is 4.74 Å². The quantitative estimate of drug-likeness (QED) is 0.501. The van der Waals surface area contributed by atoms with Crippen LogP contribution in [0.2, 0.25) is 0 Å². The molecular weight excluding hydrogens is 124 g/mol. The van der Waals surface area contributed by atoms with Crippen LogP contribution in [0.3, 0.4) is 0 Å². The zero-order valence-electron chi connectivity index (χ0n) is 6.51. The largest absolute Gasteiger partial charge is 0.381 e. The molecule has 0 aromatic carbocycles. The van der Waals surface area contributed by atoms with E-state index in [9.17, 15) is 0 Å². The van der Waals surface area contributed by atoms with E-state index in [-0.39, 0.29) is 0 Å². The second kappa shape index (κ2) is 2.91. The van der Waals surface area contributed by atoms with Crippen molar-refractivity contribution in [1.29, 1.82) is 0 Å². The summed E-state index contributed by atoms with van der Waals surface area (Å²) in [5.41, 5.74) is 0. The van der Waals surface area contributed by atoms with Gasteiger partial charge in [0.15, 0.2) is 0 Å². The Kier molecular flexibility index (Phi) is 1.94. The van der Waals surface area contributed by atoms with Crippen molar-refractivity contribution in [3.8, 4) is 0 Å². The molecule has 0 N–H and O–H groups in total. The van der Waals surface area contributed by atoms with Crippen LogP contribution < -0.4 is 0 Å². The van der Waals surface area contributed by atoms with Gasteiger partial charge < -0.3 is 4.74 Å². The summed E-state index contributed by atoms with van der Waals surface area (Å²) >= 11 is 0. The fourth-order valence-electron chi connectivity index (χ4n) is 2.35. The lowest BCUT2D eigenvalue weighted by atomic mass is 9.77. The summed E-state index contributed by atoms with van der Waals surface area (Å²) in [6, 6.07) is 0. The van der Waals surface area contributed by atoms with Crippen molar-refractivity contribution in [3.63, 3.8) is 0 Å². The highest BCUT2D eigenvalue weighted by Crippen LogP contribution is 2.34. The fraction of sp³-hybridized carbons (Fsp3) is 1.00. The molecule has 0 unspecified atom stereocenters. The smallest absolute Gasteiger partial charge is 0.0496 e. The summed E-state index contributed by atoms with van der Waals surface area (Å²) < 4.78 is 5.44. The summed E-state index contributed by atoms with van der Waals surface area (Å²) in [6.07, 6.45) is 7.18. The van der Waals surface area contributed by atoms with Gasteiger partial charge in [-0.15, -0.1) is 0 Å². The molecule has 0 bridgehead atoms. The lowest BCUT2D eigenvalue weighted by Crippen LogP contribution is -2.29. The lowest BCUT2D eigenvalue weighted by Gasteiger charge is -2.35. The molecule has 0 amide bonds. The molecule has 1 heteroatoms. The first kappa shape index (κ1) is 6.66. The van der Waals surface area contributed by atoms with E-state index in [0.717, 1.165) is 25.0 Å². The average Bonchev–Trinajstić information content (AvgIpc) is 2.05. The van der Waals surface area contributed by atoms with Crippen molar-refractivity contribution in [2.45, 2.75) is 32.1 Å². The highest BCUT2D eigenvalue weighted by molar-refractivity contribution is 4.77. The number of hydrogen-bond donors (Lipinski definition) is 0. The van der Waals surface area contributed by atoms with Crippen LogP contribution in [0.15, 0.2) is 0 Å². The lowest BCUT2D eigenvalue weighted by molar-refractivity contribution is -0.00145.